The van der Waals surface area contributed by atoms with Crippen molar-refractivity contribution in [2.45, 2.75) is 32.4 Å². The molecule has 1 unspecified atom stereocenters. The molecule has 0 aliphatic carbocycles. The second kappa shape index (κ2) is 5.54. The summed E-state index contributed by atoms with van der Waals surface area (Å²) in [5.41, 5.74) is 1.33. The number of amides is 1. The third-order valence-electron chi connectivity index (χ3n) is 3.54. The Labute approximate surface area is 119 Å². The number of sulfone groups is 1. The second-order valence-corrected chi connectivity index (χ2v) is 7.78. The molecule has 1 amide bonds. The van der Waals surface area contributed by atoms with Crippen molar-refractivity contribution in [1.29, 1.82) is 0 Å². The van der Waals surface area contributed by atoms with Gasteiger partial charge in [-0.2, -0.15) is 0 Å². The fourth-order valence-corrected chi connectivity index (χ4v) is 4.57. The summed E-state index contributed by atoms with van der Waals surface area (Å²) in [5.74, 6) is 0.290. The Bertz CT molecular complexity index is 613. The first-order valence-electron chi connectivity index (χ1n) is 6.61. The van der Waals surface area contributed by atoms with E-state index in [9.17, 15) is 13.2 Å². The lowest BCUT2D eigenvalue weighted by Crippen LogP contribution is -2.42. The molecule has 0 spiro atoms. The number of hydrogen-bond acceptors (Lipinski definition) is 4. The molecular formula is C14H20N2O3S. The zero-order chi connectivity index (χ0) is 14.8. The van der Waals surface area contributed by atoms with Crippen LogP contribution < -0.4 is 10.6 Å². The Morgan fingerprint density at radius 3 is 2.65 bits per heavy atom. The SMILES string of the molecule is CC(=O)Nc1ccccc1CNC1(C)CCS(=O)(=O)C1. The van der Waals surface area contributed by atoms with Gasteiger partial charge in [-0.1, -0.05) is 18.2 Å². The lowest BCUT2D eigenvalue weighted by atomic mass is 10.0. The third kappa shape index (κ3) is 3.80. The first-order chi connectivity index (χ1) is 9.30. The lowest BCUT2D eigenvalue weighted by molar-refractivity contribution is -0.114. The number of para-hydroxylation sites is 1. The van der Waals surface area contributed by atoms with Crippen molar-refractivity contribution in [3.63, 3.8) is 0 Å². The van der Waals surface area contributed by atoms with E-state index < -0.39 is 9.84 Å². The lowest BCUT2D eigenvalue weighted by Gasteiger charge is -2.24. The smallest absolute Gasteiger partial charge is 0.221 e. The number of hydrogen-bond donors (Lipinski definition) is 2. The summed E-state index contributed by atoms with van der Waals surface area (Å²) in [6.07, 6.45) is 0.623. The maximum Gasteiger partial charge on any atom is 0.221 e. The summed E-state index contributed by atoms with van der Waals surface area (Å²) in [5, 5.41) is 6.09. The minimum absolute atomic E-state index is 0.118. The predicted octanol–water partition coefficient (Wildman–Crippen LogP) is 1.31. The van der Waals surface area contributed by atoms with Crippen LogP contribution in [0.4, 0.5) is 5.69 Å². The van der Waals surface area contributed by atoms with E-state index in [1.165, 1.54) is 6.92 Å². The van der Waals surface area contributed by atoms with E-state index in [0.29, 0.717) is 13.0 Å². The van der Waals surface area contributed by atoms with Gasteiger partial charge < -0.3 is 10.6 Å². The summed E-state index contributed by atoms with van der Waals surface area (Å²) in [7, 11) is -2.92. The molecule has 1 heterocycles. The minimum atomic E-state index is -2.92. The third-order valence-corrected chi connectivity index (χ3v) is 5.44. The molecule has 2 N–H and O–H groups in total. The van der Waals surface area contributed by atoms with Gasteiger partial charge in [0, 0.05) is 24.7 Å². The van der Waals surface area contributed by atoms with Crippen LogP contribution in [0.2, 0.25) is 0 Å². The molecule has 2 rings (SSSR count). The van der Waals surface area contributed by atoms with Crippen LogP contribution in [0.25, 0.3) is 0 Å². The quantitative estimate of drug-likeness (QED) is 0.878. The highest BCUT2D eigenvalue weighted by molar-refractivity contribution is 7.91. The van der Waals surface area contributed by atoms with Crippen LogP contribution in [0.15, 0.2) is 24.3 Å². The maximum absolute atomic E-state index is 11.6. The first kappa shape index (κ1) is 15.0. The summed E-state index contributed by atoms with van der Waals surface area (Å²) in [6, 6.07) is 7.52. The summed E-state index contributed by atoms with van der Waals surface area (Å²) < 4.78 is 23.1. The minimum Gasteiger partial charge on any atom is -0.326 e. The van der Waals surface area contributed by atoms with Gasteiger partial charge in [0.2, 0.25) is 5.91 Å². The molecule has 1 aromatic rings. The number of nitrogens with one attached hydrogen (secondary N) is 2. The van der Waals surface area contributed by atoms with Crippen LogP contribution in [0, 0.1) is 0 Å². The van der Waals surface area contributed by atoms with Gasteiger partial charge in [0.25, 0.3) is 0 Å². The summed E-state index contributed by atoms with van der Waals surface area (Å²) >= 11 is 0. The van der Waals surface area contributed by atoms with Crippen molar-refractivity contribution < 1.29 is 13.2 Å². The highest BCUT2D eigenvalue weighted by Crippen LogP contribution is 2.24. The van der Waals surface area contributed by atoms with Gasteiger partial charge in [-0.3, -0.25) is 4.79 Å². The van der Waals surface area contributed by atoms with Crippen molar-refractivity contribution in [2.75, 3.05) is 16.8 Å². The van der Waals surface area contributed by atoms with E-state index in [4.69, 9.17) is 0 Å². The van der Waals surface area contributed by atoms with Gasteiger partial charge in [-0.25, -0.2) is 8.42 Å². The standard InChI is InChI=1S/C14H20N2O3S/c1-11(17)16-13-6-4-3-5-12(13)9-15-14(2)7-8-20(18,19)10-14/h3-6,15H,7-10H2,1-2H3,(H,16,17). The Hall–Kier alpha value is -1.40. The zero-order valence-electron chi connectivity index (χ0n) is 11.8. The molecule has 1 aliphatic heterocycles. The molecule has 0 aromatic heterocycles. The fourth-order valence-electron chi connectivity index (χ4n) is 2.44. The fraction of sp³-hybridized carbons (Fsp3) is 0.500. The topological polar surface area (TPSA) is 75.3 Å². The van der Waals surface area contributed by atoms with Gasteiger partial charge in [0.15, 0.2) is 9.84 Å². The van der Waals surface area contributed by atoms with Gasteiger partial charge in [-0.05, 0) is 25.0 Å². The van der Waals surface area contributed by atoms with Crippen molar-refractivity contribution in [3.05, 3.63) is 29.8 Å². The van der Waals surface area contributed by atoms with E-state index in [0.717, 1.165) is 11.3 Å². The van der Waals surface area contributed by atoms with Gasteiger partial charge in [-0.15, -0.1) is 0 Å². The van der Waals surface area contributed by atoms with Crippen molar-refractivity contribution in [1.82, 2.24) is 5.32 Å². The normalized spacial score (nSPS) is 24.5. The van der Waals surface area contributed by atoms with Crippen LogP contribution in [0.1, 0.15) is 25.8 Å². The van der Waals surface area contributed by atoms with E-state index in [2.05, 4.69) is 10.6 Å². The Kier molecular flexibility index (Phi) is 4.15. The average molecular weight is 296 g/mol. The largest absolute Gasteiger partial charge is 0.326 e. The average Bonchev–Trinajstić information content (AvgIpc) is 2.62. The molecule has 1 aliphatic rings. The molecule has 5 nitrogen and oxygen atoms in total. The van der Waals surface area contributed by atoms with E-state index in [1.807, 2.05) is 31.2 Å². The molecule has 1 saturated heterocycles. The van der Waals surface area contributed by atoms with Crippen molar-refractivity contribution in [3.8, 4) is 0 Å². The maximum atomic E-state index is 11.6. The first-order valence-corrected chi connectivity index (χ1v) is 8.43. The zero-order valence-corrected chi connectivity index (χ0v) is 12.6. The van der Waals surface area contributed by atoms with Crippen LogP contribution in [0.5, 0.6) is 0 Å². The molecule has 20 heavy (non-hydrogen) atoms. The molecule has 0 bridgehead atoms. The molecule has 110 valence electrons. The van der Waals surface area contributed by atoms with Crippen molar-refractivity contribution >= 4 is 21.4 Å². The number of anilines is 1. The second-order valence-electron chi connectivity index (χ2n) is 5.59. The van der Waals surface area contributed by atoms with E-state index >= 15 is 0 Å². The Morgan fingerprint density at radius 2 is 2.05 bits per heavy atom. The van der Waals surface area contributed by atoms with Crippen molar-refractivity contribution in [2.24, 2.45) is 0 Å². The molecule has 0 saturated carbocycles. The molecule has 1 atom stereocenters. The predicted molar refractivity (Wildman–Crippen MR) is 79.3 cm³/mol. The van der Waals surface area contributed by atoms with Gasteiger partial charge in [0.1, 0.15) is 0 Å². The molecule has 1 fully saturated rings. The number of carbonyl (C=O) groups is 1. The van der Waals surface area contributed by atoms with E-state index in [-0.39, 0.29) is 23.0 Å². The Morgan fingerprint density at radius 1 is 1.35 bits per heavy atom. The van der Waals surface area contributed by atoms with Crippen LogP contribution in [0.3, 0.4) is 0 Å². The van der Waals surface area contributed by atoms with Crippen LogP contribution in [-0.2, 0) is 21.2 Å². The van der Waals surface area contributed by atoms with Gasteiger partial charge in [0.05, 0.1) is 11.5 Å². The number of rotatable bonds is 4. The molecular weight excluding hydrogens is 276 g/mol. The summed E-state index contributed by atoms with van der Waals surface area (Å²) in [4.78, 5) is 11.2. The molecule has 0 radical (unpaired) electrons. The van der Waals surface area contributed by atoms with Crippen LogP contribution >= 0.6 is 0 Å². The van der Waals surface area contributed by atoms with Gasteiger partial charge >= 0.3 is 0 Å². The molecule has 6 heteroatoms. The number of carbonyl (C=O) groups excluding carboxylic acids is 1. The monoisotopic (exact) mass is 296 g/mol. The molecule has 1 aromatic carbocycles. The Balaban J connectivity index is 2.06. The van der Waals surface area contributed by atoms with Crippen LogP contribution in [-0.4, -0.2) is 31.4 Å². The number of benzene rings is 1. The summed E-state index contributed by atoms with van der Waals surface area (Å²) in [6.45, 7) is 3.93. The highest BCUT2D eigenvalue weighted by Gasteiger charge is 2.37. The highest BCUT2D eigenvalue weighted by atomic mass is 32.2. The van der Waals surface area contributed by atoms with E-state index in [1.54, 1.807) is 0 Å².